The summed E-state index contributed by atoms with van der Waals surface area (Å²) in [7, 11) is 1.67. The molecule has 4 aliphatic rings. The summed E-state index contributed by atoms with van der Waals surface area (Å²) in [6.45, 7) is 4.17. The number of hydrogen-bond acceptors (Lipinski definition) is 5. The Morgan fingerprint density at radius 2 is 2.20 bits per heavy atom. The van der Waals surface area contributed by atoms with Crippen LogP contribution in [0.5, 0.6) is 0 Å². The molecule has 2 spiro atoms. The highest BCUT2D eigenvalue weighted by Gasteiger charge is 2.72. The second-order valence-corrected chi connectivity index (χ2v) is 9.39. The van der Waals surface area contributed by atoms with E-state index in [0.717, 1.165) is 24.8 Å². The fraction of sp³-hybridized carbons (Fsp3) is 0.727. The lowest BCUT2D eigenvalue weighted by Crippen LogP contribution is -2.62. The van der Waals surface area contributed by atoms with Gasteiger partial charge in [0.1, 0.15) is 0 Å². The first-order chi connectivity index (χ1) is 14.3. The highest BCUT2D eigenvalue weighted by molar-refractivity contribution is 5.90. The number of aliphatic carboxylic acids is 1. The van der Waals surface area contributed by atoms with Crippen molar-refractivity contribution in [1.29, 1.82) is 0 Å². The summed E-state index contributed by atoms with van der Waals surface area (Å²) in [5.74, 6) is 0.200. The molecule has 4 rings (SSSR count). The number of rotatable bonds is 5. The minimum Gasteiger partial charge on any atom is -0.478 e. The number of nitrogens with one attached hydrogen (secondary N) is 1. The Morgan fingerprint density at radius 1 is 1.43 bits per heavy atom. The number of nitrogens with two attached hydrogens (primary N) is 1. The van der Waals surface area contributed by atoms with E-state index in [1.807, 2.05) is 11.1 Å². The van der Waals surface area contributed by atoms with Gasteiger partial charge in [0.15, 0.2) is 5.96 Å². The molecule has 0 unspecified atom stereocenters. The van der Waals surface area contributed by atoms with Gasteiger partial charge in [0.2, 0.25) is 0 Å². The van der Waals surface area contributed by atoms with Crippen LogP contribution >= 0.6 is 0 Å². The number of aliphatic hydroxyl groups is 2. The van der Waals surface area contributed by atoms with E-state index < -0.39 is 12.1 Å². The quantitative estimate of drug-likeness (QED) is 0.250. The number of guanidine groups is 1. The predicted molar refractivity (Wildman–Crippen MR) is 113 cm³/mol. The smallest absolute Gasteiger partial charge is 0.334 e. The molecule has 1 heterocycles. The topological polar surface area (TPSA) is 131 Å². The number of nitrogens with zero attached hydrogens (tertiary/aromatic N) is 2. The van der Waals surface area contributed by atoms with Gasteiger partial charge in [0, 0.05) is 43.7 Å². The minimum absolute atomic E-state index is 0.0724. The van der Waals surface area contributed by atoms with Crippen molar-refractivity contribution in [2.45, 2.75) is 38.7 Å². The van der Waals surface area contributed by atoms with Crippen molar-refractivity contribution in [3.05, 3.63) is 23.4 Å². The van der Waals surface area contributed by atoms with Gasteiger partial charge < -0.3 is 31.3 Å². The van der Waals surface area contributed by atoms with Crippen molar-refractivity contribution in [2.24, 2.45) is 39.3 Å². The number of carboxylic acids is 1. The summed E-state index contributed by atoms with van der Waals surface area (Å²) in [6, 6.07) is 0. The Labute approximate surface area is 177 Å². The molecule has 0 aromatic carbocycles. The van der Waals surface area contributed by atoms with E-state index >= 15 is 0 Å². The van der Waals surface area contributed by atoms with E-state index in [0.29, 0.717) is 37.9 Å². The Hall–Kier alpha value is -1.90. The first-order valence-corrected chi connectivity index (χ1v) is 11.0. The number of allylic oxidation sites excluding steroid dienone is 1. The SMILES string of the molecule is CN=C(N)N1C=C[C@H](CNCCO)[C@@]2(C1)[C@@H]1CC[C@@H](C)[C@]23C[C@H](O)C(C(=O)O)=C3C1. The van der Waals surface area contributed by atoms with Crippen molar-refractivity contribution in [3.63, 3.8) is 0 Å². The molecule has 0 saturated heterocycles. The van der Waals surface area contributed by atoms with Crippen LogP contribution in [0.3, 0.4) is 0 Å². The third-order valence-electron chi connectivity index (χ3n) is 8.51. The predicted octanol–water partition coefficient (Wildman–Crippen LogP) is 0.527. The summed E-state index contributed by atoms with van der Waals surface area (Å²) in [4.78, 5) is 18.3. The zero-order chi connectivity index (χ0) is 21.7. The maximum atomic E-state index is 12.1. The molecular formula is C22H34N4O4. The summed E-state index contributed by atoms with van der Waals surface area (Å²) < 4.78 is 0. The fourth-order valence-corrected chi connectivity index (χ4v) is 7.42. The molecule has 0 amide bonds. The number of aliphatic hydroxyl groups excluding tert-OH is 2. The van der Waals surface area contributed by atoms with Gasteiger partial charge in [0.05, 0.1) is 18.3 Å². The van der Waals surface area contributed by atoms with Crippen LogP contribution in [-0.4, -0.2) is 71.5 Å². The number of carbonyl (C=O) groups is 1. The maximum Gasteiger partial charge on any atom is 0.334 e. The molecule has 8 heteroatoms. The molecule has 166 valence electrons. The molecule has 2 fully saturated rings. The van der Waals surface area contributed by atoms with Gasteiger partial charge in [-0.25, -0.2) is 4.79 Å². The van der Waals surface area contributed by atoms with Gasteiger partial charge in [0.25, 0.3) is 0 Å². The Bertz CT molecular complexity index is 809. The van der Waals surface area contributed by atoms with Crippen LogP contribution in [0.2, 0.25) is 0 Å². The van der Waals surface area contributed by atoms with Gasteiger partial charge in [-0.3, -0.25) is 4.99 Å². The van der Waals surface area contributed by atoms with Crippen LogP contribution in [0.4, 0.5) is 0 Å². The lowest BCUT2D eigenvalue weighted by Gasteiger charge is -2.60. The molecule has 0 radical (unpaired) electrons. The van der Waals surface area contributed by atoms with Crippen molar-refractivity contribution < 1.29 is 20.1 Å². The molecule has 6 N–H and O–H groups in total. The van der Waals surface area contributed by atoms with Crippen LogP contribution in [0, 0.1) is 28.6 Å². The van der Waals surface area contributed by atoms with E-state index in [9.17, 15) is 20.1 Å². The number of aliphatic imine (C=N–C) groups is 1. The molecule has 2 saturated carbocycles. The first kappa shape index (κ1) is 21.3. The number of hydrogen-bond donors (Lipinski definition) is 5. The lowest BCUT2D eigenvalue weighted by molar-refractivity contribution is -0.133. The fourth-order valence-electron chi connectivity index (χ4n) is 7.42. The molecule has 3 aliphatic carbocycles. The Kier molecular flexibility index (Phi) is 5.45. The van der Waals surface area contributed by atoms with E-state index in [2.05, 4.69) is 23.3 Å². The van der Waals surface area contributed by atoms with Crippen LogP contribution in [-0.2, 0) is 4.79 Å². The normalized spacial score (nSPS) is 40.4. The lowest BCUT2D eigenvalue weighted by atomic mass is 9.46. The van der Waals surface area contributed by atoms with Crippen LogP contribution in [0.25, 0.3) is 0 Å². The minimum atomic E-state index is -0.989. The van der Waals surface area contributed by atoms with Crippen LogP contribution in [0.1, 0.15) is 32.6 Å². The molecule has 6 atom stereocenters. The zero-order valence-corrected chi connectivity index (χ0v) is 17.8. The van der Waals surface area contributed by atoms with E-state index in [-0.39, 0.29) is 34.8 Å². The van der Waals surface area contributed by atoms with Gasteiger partial charge in [-0.15, -0.1) is 0 Å². The van der Waals surface area contributed by atoms with E-state index in [4.69, 9.17) is 5.73 Å². The summed E-state index contributed by atoms with van der Waals surface area (Å²) >= 11 is 0. The van der Waals surface area contributed by atoms with Crippen molar-refractivity contribution in [1.82, 2.24) is 10.2 Å². The zero-order valence-electron chi connectivity index (χ0n) is 17.8. The molecule has 8 nitrogen and oxygen atoms in total. The summed E-state index contributed by atoms with van der Waals surface area (Å²) in [5.41, 5.74) is 6.79. The monoisotopic (exact) mass is 418 g/mol. The highest BCUT2D eigenvalue weighted by Crippen LogP contribution is 2.75. The molecular weight excluding hydrogens is 384 g/mol. The molecule has 0 aromatic rings. The van der Waals surface area contributed by atoms with E-state index in [1.54, 1.807) is 7.05 Å². The average Bonchev–Trinajstić information content (AvgIpc) is 3.09. The molecule has 2 bridgehead atoms. The third-order valence-corrected chi connectivity index (χ3v) is 8.51. The van der Waals surface area contributed by atoms with Gasteiger partial charge in [-0.2, -0.15) is 0 Å². The van der Waals surface area contributed by atoms with Gasteiger partial charge >= 0.3 is 5.97 Å². The molecule has 1 aliphatic heterocycles. The summed E-state index contributed by atoms with van der Waals surface area (Å²) in [6.07, 6.45) is 6.49. The summed E-state index contributed by atoms with van der Waals surface area (Å²) in [5, 5.41) is 33.4. The van der Waals surface area contributed by atoms with Crippen LogP contribution in [0.15, 0.2) is 28.4 Å². The largest absolute Gasteiger partial charge is 0.478 e. The maximum absolute atomic E-state index is 12.1. The van der Waals surface area contributed by atoms with Crippen molar-refractivity contribution >= 4 is 11.9 Å². The highest BCUT2D eigenvalue weighted by atomic mass is 16.4. The Morgan fingerprint density at radius 3 is 2.87 bits per heavy atom. The van der Waals surface area contributed by atoms with Crippen molar-refractivity contribution in [2.75, 3.05) is 33.3 Å². The van der Waals surface area contributed by atoms with Crippen molar-refractivity contribution in [3.8, 4) is 0 Å². The second-order valence-electron chi connectivity index (χ2n) is 9.39. The first-order valence-electron chi connectivity index (χ1n) is 11.0. The van der Waals surface area contributed by atoms with Crippen LogP contribution < -0.4 is 11.1 Å². The third kappa shape index (κ3) is 2.70. The average molecular weight is 419 g/mol. The second kappa shape index (κ2) is 7.66. The molecule has 0 aromatic heterocycles. The van der Waals surface area contributed by atoms with E-state index in [1.165, 1.54) is 0 Å². The van der Waals surface area contributed by atoms with Gasteiger partial charge in [-0.05, 0) is 49.0 Å². The Balaban J connectivity index is 1.88. The number of carboxylic acid groups (broad SMARTS) is 1. The standard InChI is InChI=1S/C22H34N4O4/c1-13-3-4-14-9-16-18(19(29)30)17(28)10-21(13,16)22(14)12-26(20(23)24-2)7-5-15(22)11-25-6-8-27/h5,7,13-15,17,25,27-28H,3-4,6,8-12H2,1-2H3,(H2,23,24)(H,29,30)/t13-,14-,15-,17+,21+,22-/m1/s1. The van der Waals surface area contributed by atoms with Gasteiger partial charge in [-0.1, -0.05) is 13.0 Å². The molecule has 30 heavy (non-hydrogen) atoms.